The van der Waals surface area contributed by atoms with Gasteiger partial charge in [0.15, 0.2) is 6.20 Å². The lowest BCUT2D eigenvalue weighted by Gasteiger charge is -1.98. The maximum atomic E-state index is 13.3. The van der Waals surface area contributed by atoms with Gasteiger partial charge in [-0.05, 0) is 6.07 Å². The van der Waals surface area contributed by atoms with E-state index in [0.717, 1.165) is 10.6 Å². The Balaban J connectivity index is 2.22. The number of Topliss-reactive ketones (excluding diaryl/α,β-unsaturated/α-hetero) is 1. The maximum Gasteiger partial charge on any atom is 0.396 e. The maximum absolute atomic E-state index is 13.3. The summed E-state index contributed by atoms with van der Waals surface area (Å²) >= 11 is 0. The molecule has 2 rings (SSSR count). The first-order valence-corrected chi connectivity index (χ1v) is 5.10. The molecule has 0 spiro atoms. The lowest BCUT2D eigenvalue weighted by atomic mass is 10.1. The molecule has 4 heteroatoms. The summed E-state index contributed by atoms with van der Waals surface area (Å²) in [5.74, 6) is -2.26. The van der Waals surface area contributed by atoms with Gasteiger partial charge in [0.2, 0.25) is 18.1 Å². The molecule has 0 bridgehead atoms. The van der Waals surface area contributed by atoms with Crippen LogP contribution in [0.25, 0.3) is 0 Å². The van der Waals surface area contributed by atoms with Crippen molar-refractivity contribution in [3.63, 3.8) is 0 Å². The van der Waals surface area contributed by atoms with Gasteiger partial charge in [0.25, 0.3) is 0 Å². The van der Waals surface area contributed by atoms with Crippen LogP contribution in [-0.2, 0) is 6.54 Å². The zero-order valence-corrected chi connectivity index (χ0v) is 8.94. The smallest absolute Gasteiger partial charge is 0.287 e. The van der Waals surface area contributed by atoms with Gasteiger partial charge in [-0.25, -0.2) is 0 Å². The Morgan fingerprint density at radius 3 is 2.47 bits per heavy atom. The van der Waals surface area contributed by atoms with Gasteiger partial charge in [0.05, 0.1) is 0 Å². The van der Waals surface area contributed by atoms with Gasteiger partial charge < -0.3 is 0 Å². The van der Waals surface area contributed by atoms with Crippen molar-refractivity contribution >= 4 is 5.78 Å². The standard InChI is InChI=1S/C13H10F2NO/c14-11-7-4-8-16(13(11)15)9-12(17)10-5-2-1-3-6-10/h1-8H,9H2/q+1. The van der Waals surface area contributed by atoms with Crippen LogP contribution in [0.4, 0.5) is 8.78 Å². The van der Waals surface area contributed by atoms with Crippen LogP contribution in [0.15, 0.2) is 48.7 Å². The van der Waals surface area contributed by atoms with Gasteiger partial charge in [0.1, 0.15) is 0 Å². The van der Waals surface area contributed by atoms with Crippen molar-refractivity contribution in [1.29, 1.82) is 0 Å². The second kappa shape index (κ2) is 4.82. The molecule has 2 aromatic rings. The lowest BCUT2D eigenvalue weighted by Crippen LogP contribution is -2.42. The van der Waals surface area contributed by atoms with Crippen molar-refractivity contribution in [3.05, 3.63) is 66.0 Å². The third-order valence-electron chi connectivity index (χ3n) is 2.37. The van der Waals surface area contributed by atoms with E-state index in [1.54, 1.807) is 30.3 Å². The molecule has 1 aromatic carbocycles. The van der Waals surface area contributed by atoms with E-state index in [2.05, 4.69) is 0 Å². The van der Waals surface area contributed by atoms with Crippen molar-refractivity contribution in [2.24, 2.45) is 0 Å². The number of carbonyl (C=O) groups is 1. The Labute approximate surface area is 97.1 Å². The van der Waals surface area contributed by atoms with E-state index in [4.69, 9.17) is 0 Å². The number of aromatic nitrogens is 1. The van der Waals surface area contributed by atoms with E-state index in [1.165, 1.54) is 12.3 Å². The Morgan fingerprint density at radius 1 is 1.06 bits per heavy atom. The van der Waals surface area contributed by atoms with Crippen LogP contribution < -0.4 is 4.57 Å². The largest absolute Gasteiger partial charge is 0.396 e. The number of ketones is 1. The molecule has 0 aliphatic heterocycles. The SMILES string of the molecule is O=C(C[n+]1cccc(F)c1F)c1ccccc1. The Bertz CT molecular complexity index is 540. The van der Waals surface area contributed by atoms with Gasteiger partial charge >= 0.3 is 5.95 Å². The van der Waals surface area contributed by atoms with Gasteiger partial charge in [-0.3, -0.25) is 4.79 Å². The van der Waals surface area contributed by atoms with Gasteiger partial charge in [-0.15, -0.1) is 4.39 Å². The summed E-state index contributed by atoms with van der Waals surface area (Å²) in [4.78, 5) is 11.8. The second-order valence-corrected chi connectivity index (χ2v) is 3.56. The minimum Gasteiger partial charge on any atom is -0.287 e. The highest BCUT2D eigenvalue weighted by Gasteiger charge is 2.19. The Hall–Kier alpha value is -2.10. The number of nitrogens with zero attached hydrogens (tertiary/aromatic N) is 1. The zero-order valence-electron chi connectivity index (χ0n) is 8.94. The molecule has 0 radical (unpaired) electrons. The highest BCUT2D eigenvalue weighted by molar-refractivity contribution is 5.94. The molecular weight excluding hydrogens is 224 g/mol. The number of halogens is 2. The first-order chi connectivity index (χ1) is 8.18. The summed E-state index contributed by atoms with van der Waals surface area (Å²) in [7, 11) is 0. The monoisotopic (exact) mass is 234 g/mol. The molecule has 0 saturated heterocycles. The number of carbonyl (C=O) groups excluding carboxylic acids is 1. The fraction of sp³-hybridized carbons (Fsp3) is 0.0769. The first kappa shape index (κ1) is 11.4. The Morgan fingerprint density at radius 2 is 1.76 bits per heavy atom. The van der Waals surface area contributed by atoms with Crippen LogP contribution in [0.5, 0.6) is 0 Å². The average Bonchev–Trinajstić information content (AvgIpc) is 2.36. The van der Waals surface area contributed by atoms with E-state index in [9.17, 15) is 13.6 Å². The van der Waals surface area contributed by atoms with E-state index >= 15 is 0 Å². The zero-order chi connectivity index (χ0) is 12.3. The first-order valence-electron chi connectivity index (χ1n) is 5.10. The summed E-state index contributed by atoms with van der Waals surface area (Å²) in [5.41, 5.74) is 0.476. The number of pyridine rings is 1. The van der Waals surface area contributed by atoms with Crippen LogP contribution >= 0.6 is 0 Å². The highest BCUT2D eigenvalue weighted by Crippen LogP contribution is 2.02. The summed E-state index contributed by atoms with van der Waals surface area (Å²) in [6.45, 7) is -0.215. The van der Waals surface area contributed by atoms with E-state index in [0.29, 0.717) is 5.56 Å². The molecule has 0 unspecified atom stereocenters. The molecule has 0 aliphatic rings. The summed E-state index contributed by atoms with van der Waals surface area (Å²) in [6, 6.07) is 10.9. The van der Waals surface area contributed by atoms with Crippen LogP contribution in [-0.4, -0.2) is 5.78 Å². The van der Waals surface area contributed by atoms with Crippen LogP contribution in [0.1, 0.15) is 10.4 Å². The number of hydrogen-bond donors (Lipinski definition) is 0. The number of hydrogen-bond acceptors (Lipinski definition) is 1. The van der Waals surface area contributed by atoms with Gasteiger partial charge in [-0.2, -0.15) is 8.96 Å². The molecule has 0 amide bonds. The van der Waals surface area contributed by atoms with Crippen molar-refractivity contribution in [2.75, 3.05) is 0 Å². The lowest BCUT2D eigenvalue weighted by molar-refractivity contribution is -0.713. The van der Waals surface area contributed by atoms with Gasteiger partial charge in [-0.1, -0.05) is 30.3 Å². The molecular formula is C13H10F2NO+. The minimum absolute atomic E-state index is 0.215. The highest BCUT2D eigenvalue weighted by atomic mass is 19.2. The third kappa shape index (κ3) is 2.53. The van der Waals surface area contributed by atoms with Crippen molar-refractivity contribution in [1.82, 2.24) is 0 Å². The second-order valence-electron chi connectivity index (χ2n) is 3.56. The summed E-state index contributed by atoms with van der Waals surface area (Å²) < 4.78 is 27.2. The fourth-order valence-corrected chi connectivity index (χ4v) is 1.49. The van der Waals surface area contributed by atoms with Crippen molar-refractivity contribution in [3.8, 4) is 0 Å². The van der Waals surface area contributed by atoms with Crippen molar-refractivity contribution in [2.45, 2.75) is 6.54 Å². The fourth-order valence-electron chi connectivity index (χ4n) is 1.49. The number of benzene rings is 1. The van der Waals surface area contributed by atoms with Crippen LogP contribution in [0.2, 0.25) is 0 Å². The minimum atomic E-state index is -1.03. The topological polar surface area (TPSA) is 20.9 Å². The molecule has 2 nitrogen and oxygen atoms in total. The number of rotatable bonds is 3. The predicted octanol–water partition coefficient (Wildman–Crippen LogP) is 2.14. The molecule has 0 saturated carbocycles. The average molecular weight is 234 g/mol. The van der Waals surface area contributed by atoms with Crippen LogP contribution in [0.3, 0.4) is 0 Å². The van der Waals surface area contributed by atoms with Crippen LogP contribution in [0, 0.1) is 11.8 Å². The molecule has 0 aliphatic carbocycles. The molecule has 1 heterocycles. The third-order valence-corrected chi connectivity index (χ3v) is 2.37. The predicted molar refractivity (Wildman–Crippen MR) is 57.3 cm³/mol. The quantitative estimate of drug-likeness (QED) is 0.453. The van der Waals surface area contributed by atoms with E-state index < -0.39 is 11.8 Å². The molecule has 0 fully saturated rings. The normalized spacial score (nSPS) is 10.2. The summed E-state index contributed by atoms with van der Waals surface area (Å²) in [6.07, 6.45) is 1.33. The Kier molecular flexibility index (Phi) is 3.23. The summed E-state index contributed by atoms with van der Waals surface area (Å²) in [5, 5.41) is 0. The van der Waals surface area contributed by atoms with E-state index in [-0.39, 0.29) is 12.3 Å². The van der Waals surface area contributed by atoms with E-state index in [1.807, 2.05) is 0 Å². The molecule has 17 heavy (non-hydrogen) atoms. The molecule has 0 N–H and O–H groups in total. The molecule has 86 valence electrons. The van der Waals surface area contributed by atoms with Crippen molar-refractivity contribution < 1.29 is 18.1 Å². The molecule has 1 aromatic heterocycles. The molecule has 0 atom stereocenters. The van der Waals surface area contributed by atoms with Gasteiger partial charge in [0, 0.05) is 11.6 Å².